The van der Waals surface area contributed by atoms with Crippen LogP contribution in [0.1, 0.15) is 37.5 Å². The predicted molar refractivity (Wildman–Crippen MR) is 118 cm³/mol. The number of halogens is 1. The Morgan fingerprint density at radius 2 is 1.97 bits per heavy atom. The molecule has 0 radical (unpaired) electrons. The number of carbonyl (C=O) groups excluding carboxylic acids is 1. The molecule has 0 spiro atoms. The van der Waals surface area contributed by atoms with Gasteiger partial charge in [0, 0.05) is 42.9 Å². The first-order chi connectivity index (χ1) is 15.7. The maximum absolute atomic E-state index is 13.7. The highest BCUT2D eigenvalue weighted by Crippen LogP contribution is 2.34. The number of amides is 1. The Hall–Kier alpha value is -3.39. The zero-order valence-electron chi connectivity index (χ0n) is 17.6. The van der Waals surface area contributed by atoms with Crippen molar-refractivity contribution in [1.82, 2.24) is 19.9 Å². The van der Waals surface area contributed by atoms with Crippen LogP contribution in [0.25, 0.3) is 11.3 Å². The number of aromatic nitrogens is 3. The molecule has 1 aromatic carbocycles. The van der Waals surface area contributed by atoms with Gasteiger partial charge in [0.25, 0.3) is 5.91 Å². The van der Waals surface area contributed by atoms with Crippen LogP contribution in [0.5, 0.6) is 0 Å². The molecule has 5 rings (SSSR count). The maximum atomic E-state index is 13.7. The van der Waals surface area contributed by atoms with Crippen LogP contribution < -0.4 is 5.32 Å². The third-order valence-electron chi connectivity index (χ3n) is 5.86. The number of rotatable bonds is 5. The van der Waals surface area contributed by atoms with Gasteiger partial charge in [0.2, 0.25) is 0 Å². The molecule has 2 atom stereocenters. The molecule has 0 bridgehead atoms. The SMILES string of the molecule is O=C([C@@H]1CCCO1)N1CCC[C@@H]1c1nc(Nc2cccc(F)c2)cc(-c2ccncc2)n1. The number of hydrogen-bond donors (Lipinski definition) is 1. The van der Waals surface area contributed by atoms with E-state index in [4.69, 9.17) is 14.7 Å². The summed E-state index contributed by atoms with van der Waals surface area (Å²) in [5.41, 5.74) is 2.20. The van der Waals surface area contributed by atoms with Gasteiger partial charge < -0.3 is 15.0 Å². The summed E-state index contributed by atoms with van der Waals surface area (Å²) in [6.07, 6.45) is 6.39. The van der Waals surface area contributed by atoms with E-state index in [2.05, 4.69) is 10.3 Å². The van der Waals surface area contributed by atoms with Crippen LogP contribution in [-0.2, 0) is 9.53 Å². The number of hydrogen-bond acceptors (Lipinski definition) is 6. The van der Waals surface area contributed by atoms with Gasteiger partial charge in [-0.3, -0.25) is 9.78 Å². The summed E-state index contributed by atoms with van der Waals surface area (Å²) in [4.78, 5) is 28.6. The Labute approximate surface area is 185 Å². The molecule has 8 heteroatoms. The van der Waals surface area contributed by atoms with Crippen LogP contribution in [-0.4, -0.2) is 45.0 Å². The maximum Gasteiger partial charge on any atom is 0.252 e. The van der Waals surface area contributed by atoms with Crippen molar-refractivity contribution in [3.8, 4) is 11.3 Å². The Bertz CT molecular complexity index is 1100. The van der Waals surface area contributed by atoms with Gasteiger partial charge in [0.15, 0.2) is 5.82 Å². The molecule has 32 heavy (non-hydrogen) atoms. The molecule has 2 aliphatic rings. The first-order valence-electron chi connectivity index (χ1n) is 10.9. The van der Waals surface area contributed by atoms with E-state index in [1.165, 1.54) is 12.1 Å². The van der Waals surface area contributed by atoms with Gasteiger partial charge in [-0.05, 0) is 56.0 Å². The van der Waals surface area contributed by atoms with Gasteiger partial charge in [-0.15, -0.1) is 0 Å². The molecule has 2 aromatic heterocycles. The summed E-state index contributed by atoms with van der Waals surface area (Å²) < 4.78 is 19.3. The lowest BCUT2D eigenvalue weighted by Crippen LogP contribution is -2.39. The predicted octanol–water partition coefficient (Wildman–Crippen LogP) is 4.26. The van der Waals surface area contributed by atoms with Crippen LogP contribution in [0.15, 0.2) is 54.9 Å². The van der Waals surface area contributed by atoms with Crippen LogP contribution in [0.2, 0.25) is 0 Å². The summed E-state index contributed by atoms with van der Waals surface area (Å²) in [6.45, 7) is 1.30. The molecular formula is C24H24FN5O2. The molecule has 164 valence electrons. The van der Waals surface area contributed by atoms with Crippen molar-refractivity contribution in [2.45, 2.75) is 37.8 Å². The Kier molecular flexibility index (Phi) is 5.77. The van der Waals surface area contributed by atoms with Crippen LogP contribution in [0.4, 0.5) is 15.9 Å². The summed E-state index contributed by atoms with van der Waals surface area (Å²) in [6, 6.07) is 11.6. The third kappa shape index (κ3) is 4.31. The largest absolute Gasteiger partial charge is 0.368 e. The number of carbonyl (C=O) groups is 1. The van der Waals surface area contributed by atoms with Crippen molar-refractivity contribution in [2.24, 2.45) is 0 Å². The normalized spacial score (nSPS) is 20.5. The third-order valence-corrected chi connectivity index (χ3v) is 5.86. The fourth-order valence-corrected chi connectivity index (χ4v) is 4.32. The zero-order chi connectivity index (χ0) is 21.9. The molecule has 4 heterocycles. The fraction of sp³-hybridized carbons (Fsp3) is 0.333. The molecule has 0 unspecified atom stereocenters. The summed E-state index contributed by atoms with van der Waals surface area (Å²) in [5.74, 6) is 0.802. The quantitative estimate of drug-likeness (QED) is 0.648. The zero-order valence-corrected chi connectivity index (χ0v) is 17.6. The Morgan fingerprint density at radius 3 is 2.75 bits per heavy atom. The highest BCUT2D eigenvalue weighted by Gasteiger charge is 2.37. The molecule has 2 aliphatic heterocycles. The van der Waals surface area contributed by atoms with Gasteiger partial charge in [-0.25, -0.2) is 14.4 Å². The smallest absolute Gasteiger partial charge is 0.252 e. The van der Waals surface area contributed by atoms with Crippen LogP contribution >= 0.6 is 0 Å². The van der Waals surface area contributed by atoms with E-state index in [9.17, 15) is 9.18 Å². The fourth-order valence-electron chi connectivity index (χ4n) is 4.32. The van der Waals surface area contributed by atoms with Gasteiger partial charge in [0.05, 0.1) is 11.7 Å². The summed E-state index contributed by atoms with van der Waals surface area (Å²) in [5, 5.41) is 3.18. The second kappa shape index (κ2) is 9.00. The lowest BCUT2D eigenvalue weighted by molar-refractivity contribution is -0.142. The van der Waals surface area contributed by atoms with Gasteiger partial charge in [-0.2, -0.15) is 0 Å². The second-order valence-corrected chi connectivity index (χ2v) is 8.06. The standard InChI is InChI=1S/C24H24FN5O2/c25-17-4-1-5-18(14-17)27-22-15-19(16-8-10-26-11-9-16)28-23(29-22)20-6-2-12-30(20)24(31)21-7-3-13-32-21/h1,4-5,8-11,14-15,20-21H,2-3,6-7,12-13H2,(H,27,28,29)/t20-,21+/m1/s1. The lowest BCUT2D eigenvalue weighted by Gasteiger charge is -2.26. The van der Waals surface area contributed by atoms with E-state index in [0.29, 0.717) is 36.2 Å². The van der Waals surface area contributed by atoms with E-state index < -0.39 is 0 Å². The number of pyridine rings is 1. The number of nitrogens with zero attached hydrogens (tertiary/aromatic N) is 4. The second-order valence-electron chi connectivity index (χ2n) is 8.06. The first kappa shape index (κ1) is 20.5. The number of likely N-dealkylation sites (tertiary alicyclic amines) is 1. The number of benzene rings is 1. The molecule has 0 saturated carbocycles. The van der Waals surface area contributed by atoms with Crippen molar-refractivity contribution >= 4 is 17.4 Å². The minimum absolute atomic E-state index is 0.0163. The molecule has 7 nitrogen and oxygen atoms in total. The minimum atomic E-state index is -0.371. The number of nitrogens with one attached hydrogen (secondary N) is 1. The highest BCUT2D eigenvalue weighted by molar-refractivity contribution is 5.82. The molecule has 2 saturated heterocycles. The molecular weight excluding hydrogens is 409 g/mol. The van der Waals surface area contributed by atoms with Crippen molar-refractivity contribution in [1.29, 1.82) is 0 Å². The summed E-state index contributed by atoms with van der Waals surface area (Å²) in [7, 11) is 0. The Morgan fingerprint density at radius 1 is 1.09 bits per heavy atom. The van der Waals surface area contributed by atoms with Crippen molar-refractivity contribution < 1.29 is 13.9 Å². The minimum Gasteiger partial charge on any atom is -0.368 e. The monoisotopic (exact) mass is 433 g/mol. The van der Waals surface area contributed by atoms with Crippen molar-refractivity contribution in [3.05, 3.63) is 66.5 Å². The average molecular weight is 433 g/mol. The van der Waals surface area contributed by atoms with E-state index in [1.54, 1.807) is 24.5 Å². The van der Waals surface area contributed by atoms with Gasteiger partial charge in [0.1, 0.15) is 17.7 Å². The first-order valence-corrected chi connectivity index (χ1v) is 10.9. The van der Waals surface area contributed by atoms with E-state index in [0.717, 1.165) is 31.2 Å². The molecule has 1 N–H and O–H groups in total. The van der Waals surface area contributed by atoms with E-state index in [1.807, 2.05) is 23.1 Å². The van der Waals surface area contributed by atoms with E-state index in [-0.39, 0.29) is 23.9 Å². The highest BCUT2D eigenvalue weighted by atomic mass is 19.1. The number of ether oxygens (including phenoxy) is 1. The molecule has 0 aliphatic carbocycles. The Balaban J connectivity index is 1.51. The lowest BCUT2D eigenvalue weighted by atomic mass is 10.1. The van der Waals surface area contributed by atoms with Crippen LogP contribution in [0, 0.1) is 5.82 Å². The molecule has 2 fully saturated rings. The molecule has 3 aromatic rings. The average Bonchev–Trinajstić information content (AvgIpc) is 3.52. The number of anilines is 2. The summed E-state index contributed by atoms with van der Waals surface area (Å²) >= 11 is 0. The van der Waals surface area contributed by atoms with E-state index >= 15 is 0 Å². The molecule has 1 amide bonds. The van der Waals surface area contributed by atoms with Gasteiger partial charge >= 0.3 is 0 Å². The van der Waals surface area contributed by atoms with Crippen molar-refractivity contribution in [3.63, 3.8) is 0 Å². The topological polar surface area (TPSA) is 80.2 Å². The van der Waals surface area contributed by atoms with Gasteiger partial charge in [-0.1, -0.05) is 6.07 Å². The van der Waals surface area contributed by atoms with Crippen LogP contribution in [0.3, 0.4) is 0 Å². The van der Waals surface area contributed by atoms with Crippen molar-refractivity contribution in [2.75, 3.05) is 18.5 Å².